The third-order valence-corrected chi connectivity index (χ3v) is 5.56. The number of nitrogens with one attached hydrogen (secondary N) is 1. The van der Waals surface area contributed by atoms with Crippen molar-refractivity contribution in [1.82, 2.24) is 5.32 Å². The van der Waals surface area contributed by atoms with Gasteiger partial charge in [0.15, 0.2) is 0 Å². The molecule has 0 fully saturated rings. The van der Waals surface area contributed by atoms with Crippen molar-refractivity contribution in [3.63, 3.8) is 0 Å². The number of hydrogen-bond donors (Lipinski definition) is 1. The molecule has 0 unspecified atom stereocenters. The first-order valence-electron chi connectivity index (χ1n) is 8.02. The van der Waals surface area contributed by atoms with Gasteiger partial charge in [-0.1, -0.05) is 6.07 Å². The van der Waals surface area contributed by atoms with Crippen molar-refractivity contribution in [3.8, 4) is 0 Å². The Morgan fingerprint density at radius 3 is 2.90 bits per heavy atom. The molecule has 0 saturated heterocycles. The van der Waals surface area contributed by atoms with Crippen LogP contribution in [0.25, 0.3) is 0 Å². The molecule has 21 heavy (non-hydrogen) atoms. The third-order valence-electron chi connectivity index (χ3n) is 4.71. The lowest BCUT2D eigenvalue weighted by atomic mass is 9.93. The molecule has 0 saturated carbocycles. The Bertz CT molecular complexity index is 518. The van der Waals surface area contributed by atoms with E-state index in [1.807, 2.05) is 0 Å². The smallest absolute Gasteiger partial charge is 0.0718 e. The van der Waals surface area contributed by atoms with Crippen LogP contribution in [0.2, 0.25) is 0 Å². The molecule has 2 heterocycles. The molecule has 3 nitrogen and oxygen atoms in total. The predicted octanol–water partition coefficient (Wildman–Crippen LogP) is 2.92. The topological polar surface area (TPSA) is 24.5 Å². The van der Waals surface area contributed by atoms with E-state index in [0.717, 1.165) is 39.0 Å². The number of halogens is 1. The minimum atomic E-state index is 0.267. The van der Waals surface area contributed by atoms with Crippen molar-refractivity contribution in [2.45, 2.75) is 38.7 Å². The first-order chi connectivity index (χ1) is 10.2. The zero-order chi connectivity index (χ0) is 14.8. The molecule has 116 valence electrons. The van der Waals surface area contributed by atoms with Crippen molar-refractivity contribution < 1.29 is 4.74 Å². The highest BCUT2D eigenvalue weighted by Crippen LogP contribution is 2.39. The maximum absolute atomic E-state index is 5.47. The van der Waals surface area contributed by atoms with E-state index in [0.29, 0.717) is 0 Å². The van der Waals surface area contributed by atoms with Crippen LogP contribution in [0.5, 0.6) is 0 Å². The van der Waals surface area contributed by atoms with E-state index in [-0.39, 0.29) is 6.10 Å². The minimum Gasteiger partial charge on any atom is -0.380 e. The molecular formula is C17H25BrN2O. The van der Waals surface area contributed by atoms with Crippen molar-refractivity contribution in [1.29, 1.82) is 0 Å². The monoisotopic (exact) mass is 352 g/mol. The van der Waals surface area contributed by atoms with Gasteiger partial charge in [0.05, 0.1) is 11.8 Å². The van der Waals surface area contributed by atoms with Crippen LogP contribution in [0.4, 0.5) is 5.69 Å². The Morgan fingerprint density at radius 2 is 2.10 bits per heavy atom. The first kappa shape index (κ1) is 15.3. The summed E-state index contributed by atoms with van der Waals surface area (Å²) in [5.74, 6) is 0. The van der Waals surface area contributed by atoms with Gasteiger partial charge >= 0.3 is 0 Å². The number of rotatable bonds is 3. The lowest BCUT2D eigenvalue weighted by Crippen LogP contribution is -2.36. The molecule has 0 aliphatic carbocycles. The molecule has 0 bridgehead atoms. The summed E-state index contributed by atoms with van der Waals surface area (Å²) in [6.45, 7) is 6.44. The normalized spacial score (nSPS) is 19.7. The zero-order valence-electron chi connectivity index (χ0n) is 13.0. The number of anilines is 1. The van der Waals surface area contributed by atoms with Crippen molar-refractivity contribution in [2.75, 3.05) is 38.2 Å². The molecule has 1 atom stereocenters. The highest BCUT2D eigenvalue weighted by molar-refractivity contribution is 9.10. The van der Waals surface area contributed by atoms with Crippen molar-refractivity contribution in [2.24, 2.45) is 0 Å². The summed E-state index contributed by atoms with van der Waals surface area (Å²) in [7, 11) is 1.80. The number of benzene rings is 1. The number of hydrogen-bond acceptors (Lipinski definition) is 3. The second-order valence-electron chi connectivity index (χ2n) is 6.18. The molecule has 2 aliphatic heterocycles. The van der Waals surface area contributed by atoms with Crippen LogP contribution in [0.3, 0.4) is 0 Å². The average Bonchev–Trinajstić information content (AvgIpc) is 2.73. The summed E-state index contributed by atoms with van der Waals surface area (Å²) in [5.41, 5.74) is 5.98. The third kappa shape index (κ3) is 3.13. The lowest BCUT2D eigenvalue weighted by Gasteiger charge is -2.35. The number of methoxy groups -OCH3 is 1. The maximum atomic E-state index is 5.47. The van der Waals surface area contributed by atoms with Gasteiger partial charge in [-0.25, -0.2) is 0 Å². The summed E-state index contributed by atoms with van der Waals surface area (Å²) < 4.78 is 6.81. The first-order valence-corrected chi connectivity index (χ1v) is 8.81. The fourth-order valence-corrected chi connectivity index (χ4v) is 4.48. The molecule has 1 aromatic rings. The molecule has 1 N–H and O–H groups in total. The van der Waals surface area contributed by atoms with Crippen molar-refractivity contribution >= 4 is 21.6 Å². The highest BCUT2D eigenvalue weighted by Gasteiger charge is 2.25. The van der Waals surface area contributed by atoms with Gasteiger partial charge in [-0.15, -0.1) is 0 Å². The van der Waals surface area contributed by atoms with Crippen LogP contribution in [0.1, 0.15) is 30.0 Å². The van der Waals surface area contributed by atoms with Crippen LogP contribution >= 0.6 is 15.9 Å². The molecule has 1 aromatic carbocycles. The van der Waals surface area contributed by atoms with E-state index in [2.05, 4.69) is 39.1 Å². The Kier molecular flexibility index (Phi) is 4.87. The molecule has 0 spiro atoms. The van der Waals surface area contributed by atoms with Gasteiger partial charge in [0.1, 0.15) is 0 Å². The fourth-order valence-electron chi connectivity index (χ4n) is 3.52. The second-order valence-corrected chi connectivity index (χ2v) is 6.97. The number of ether oxygens (including phenoxy) is 1. The molecule has 3 rings (SSSR count). The van der Waals surface area contributed by atoms with E-state index in [9.17, 15) is 0 Å². The maximum Gasteiger partial charge on any atom is 0.0718 e. The Balaban J connectivity index is 1.99. The Labute approximate surface area is 136 Å². The largest absolute Gasteiger partial charge is 0.380 e. The van der Waals surface area contributed by atoms with Gasteiger partial charge in [0.2, 0.25) is 0 Å². The average molecular weight is 353 g/mol. The van der Waals surface area contributed by atoms with E-state index in [1.165, 1.54) is 39.7 Å². The van der Waals surface area contributed by atoms with Crippen molar-refractivity contribution in [3.05, 3.63) is 27.2 Å². The molecule has 4 heteroatoms. The standard InChI is InChI=1S/C17H25BrN2O/c1-12(21-2)11-20-9-3-4-14-10-13-5-7-19-8-6-15(13)16(18)17(14)20/h10,12,19H,3-9,11H2,1-2H3/t12-/m0/s1. The van der Waals surface area contributed by atoms with Gasteiger partial charge in [0, 0.05) is 24.7 Å². The zero-order valence-corrected chi connectivity index (χ0v) is 14.6. The molecule has 2 aliphatic rings. The minimum absolute atomic E-state index is 0.267. The van der Waals surface area contributed by atoms with E-state index < -0.39 is 0 Å². The quantitative estimate of drug-likeness (QED) is 0.904. The van der Waals surface area contributed by atoms with Gasteiger partial charge < -0.3 is 15.0 Å². The van der Waals surface area contributed by atoms with Crippen LogP contribution in [0, 0.1) is 0 Å². The van der Waals surface area contributed by atoms with Gasteiger partial charge in [-0.2, -0.15) is 0 Å². The Hall–Kier alpha value is -0.580. The summed E-state index contributed by atoms with van der Waals surface area (Å²) in [4.78, 5) is 2.51. The van der Waals surface area contributed by atoms with Gasteiger partial charge in [-0.05, 0) is 78.3 Å². The number of fused-ring (bicyclic) bond motifs is 2. The molecular weight excluding hydrogens is 328 g/mol. The van der Waals surface area contributed by atoms with Crippen LogP contribution < -0.4 is 10.2 Å². The lowest BCUT2D eigenvalue weighted by molar-refractivity contribution is 0.123. The SMILES string of the molecule is CO[C@@H](C)CN1CCCc2cc3c(c(Br)c21)CCNCC3. The number of aryl methyl sites for hydroxylation is 1. The predicted molar refractivity (Wildman–Crippen MR) is 91.4 cm³/mol. The molecule has 0 aromatic heterocycles. The summed E-state index contributed by atoms with van der Waals surface area (Å²) in [5, 5.41) is 3.51. The summed E-state index contributed by atoms with van der Waals surface area (Å²) in [6.07, 6.45) is 4.98. The van der Waals surface area contributed by atoms with Crippen LogP contribution in [-0.4, -0.2) is 39.4 Å². The fraction of sp³-hybridized carbons (Fsp3) is 0.647. The van der Waals surface area contributed by atoms with E-state index in [1.54, 1.807) is 7.11 Å². The number of nitrogens with zero attached hydrogens (tertiary/aromatic N) is 1. The van der Waals surface area contributed by atoms with Crippen LogP contribution in [-0.2, 0) is 24.0 Å². The molecule has 0 radical (unpaired) electrons. The second kappa shape index (κ2) is 6.67. The summed E-state index contributed by atoms with van der Waals surface area (Å²) >= 11 is 3.93. The van der Waals surface area contributed by atoms with E-state index >= 15 is 0 Å². The summed E-state index contributed by atoms with van der Waals surface area (Å²) in [6, 6.07) is 2.46. The van der Waals surface area contributed by atoms with E-state index in [4.69, 9.17) is 4.74 Å². The molecule has 0 amide bonds. The van der Waals surface area contributed by atoms with Gasteiger partial charge in [-0.3, -0.25) is 0 Å². The van der Waals surface area contributed by atoms with Gasteiger partial charge in [0.25, 0.3) is 0 Å². The Morgan fingerprint density at radius 1 is 1.29 bits per heavy atom. The highest BCUT2D eigenvalue weighted by atomic mass is 79.9. The van der Waals surface area contributed by atoms with Crippen LogP contribution in [0.15, 0.2) is 10.5 Å².